The third-order valence-electron chi connectivity index (χ3n) is 3.55. The molecule has 0 fully saturated rings. The van der Waals surface area contributed by atoms with Crippen LogP contribution in [0.1, 0.15) is 23.2 Å². The minimum Gasteiger partial charge on any atom is -1.00 e. The fourth-order valence-electron chi connectivity index (χ4n) is 2.15. The maximum Gasteiger partial charge on any atom is 0.269 e. The number of nitro benzene ring substituents is 2. The van der Waals surface area contributed by atoms with E-state index in [0.717, 1.165) is 11.1 Å². The van der Waals surface area contributed by atoms with Crippen molar-refractivity contribution in [2.24, 2.45) is 0 Å². The molecule has 0 aliphatic carbocycles. The van der Waals surface area contributed by atoms with Gasteiger partial charge >= 0.3 is 0 Å². The van der Waals surface area contributed by atoms with Gasteiger partial charge in [-0.2, -0.15) is 0 Å². The highest BCUT2D eigenvalue weighted by atomic mass is 35.5. The van der Waals surface area contributed by atoms with E-state index in [0.29, 0.717) is 0 Å². The van der Waals surface area contributed by atoms with Crippen molar-refractivity contribution in [3.8, 4) is 0 Å². The summed E-state index contributed by atoms with van der Waals surface area (Å²) in [6.07, 6.45) is 0. The van der Waals surface area contributed by atoms with E-state index in [2.05, 4.69) is 11.5 Å². The molecule has 0 unspecified atom stereocenters. The van der Waals surface area contributed by atoms with Gasteiger partial charge in [-0.15, -0.1) is 0 Å². The predicted molar refractivity (Wildman–Crippen MR) is 77.5 cm³/mol. The molecule has 0 bridgehead atoms. The average molecular weight is 375 g/mol. The van der Waals surface area contributed by atoms with Crippen LogP contribution in [0.2, 0.25) is 0 Å². The zero-order valence-electron chi connectivity index (χ0n) is 12.5. The Hall–Kier alpha value is -2.26. The lowest BCUT2D eigenvalue weighted by Crippen LogP contribution is -3.00. The molecule has 0 radical (unpaired) electrons. The normalized spacial score (nSPS) is 12.2. The minimum atomic E-state index is -0.458. The number of hydrogen-bond donors (Lipinski definition) is 2. The molecule has 2 rings (SSSR count). The summed E-state index contributed by atoms with van der Waals surface area (Å²) in [6, 6.07) is 11.9. The summed E-state index contributed by atoms with van der Waals surface area (Å²) >= 11 is 0. The Morgan fingerprint density at radius 2 is 0.917 bits per heavy atom. The largest absolute Gasteiger partial charge is 1.00 e. The van der Waals surface area contributed by atoms with Gasteiger partial charge in [0.1, 0.15) is 0 Å². The first-order chi connectivity index (χ1) is 10.4. The second kappa shape index (κ2) is 9.14. The molecule has 6 N–H and O–H groups in total. The first kappa shape index (κ1) is 21.7. The van der Waals surface area contributed by atoms with Crippen LogP contribution in [0.3, 0.4) is 0 Å². The number of hydrogen-bond acceptors (Lipinski definition) is 4. The Morgan fingerprint density at radius 3 is 1.12 bits per heavy atom. The van der Waals surface area contributed by atoms with Gasteiger partial charge < -0.3 is 36.3 Å². The molecule has 0 aromatic heterocycles. The van der Waals surface area contributed by atoms with Crippen molar-refractivity contribution < 1.29 is 46.1 Å². The van der Waals surface area contributed by atoms with Gasteiger partial charge in [0, 0.05) is 35.4 Å². The topological polar surface area (TPSA) is 142 Å². The monoisotopic (exact) mass is 374 g/mol. The van der Waals surface area contributed by atoms with Crippen LogP contribution in [0, 0.1) is 20.2 Å². The van der Waals surface area contributed by atoms with Crippen molar-refractivity contribution in [1.29, 1.82) is 0 Å². The maximum absolute atomic E-state index is 10.6. The van der Waals surface area contributed by atoms with Crippen LogP contribution in [0.25, 0.3) is 0 Å². The summed E-state index contributed by atoms with van der Waals surface area (Å²) in [5.41, 5.74) is 9.79. The van der Waals surface area contributed by atoms with Crippen molar-refractivity contribution in [3.05, 3.63) is 79.9 Å². The molecule has 0 heterocycles. The first-order valence-electron chi connectivity index (χ1n) is 6.55. The minimum absolute atomic E-state index is 0. The van der Waals surface area contributed by atoms with E-state index in [-0.39, 0.29) is 48.3 Å². The Labute approximate surface area is 150 Å². The second-order valence-electron chi connectivity index (χ2n) is 4.91. The van der Waals surface area contributed by atoms with Gasteiger partial charge in [0.25, 0.3) is 11.4 Å². The van der Waals surface area contributed by atoms with Crippen LogP contribution in [-0.2, 0) is 0 Å². The van der Waals surface area contributed by atoms with Gasteiger partial charge in [0.2, 0.25) is 0 Å². The van der Waals surface area contributed by atoms with Crippen molar-refractivity contribution in [1.82, 2.24) is 0 Å². The average Bonchev–Trinajstić information content (AvgIpc) is 2.53. The SMILES string of the molecule is [Cl-].[Cl-].[NH3+][C@H](c1ccc([N+](=O)[O-])cc1)[C@H]([NH3+])c1ccc([N+](=O)[O-])cc1. The molecule has 0 aliphatic rings. The highest BCUT2D eigenvalue weighted by Crippen LogP contribution is 2.24. The van der Waals surface area contributed by atoms with Crippen molar-refractivity contribution in [3.63, 3.8) is 0 Å². The molecule has 130 valence electrons. The van der Waals surface area contributed by atoms with Crippen LogP contribution < -0.4 is 36.3 Å². The number of nitrogens with zero attached hydrogens (tertiary/aromatic N) is 2. The van der Waals surface area contributed by atoms with Crippen molar-refractivity contribution >= 4 is 11.4 Å². The van der Waals surface area contributed by atoms with E-state index in [4.69, 9.17) is 0 Å². The van der Waals surface area contributed by atoms with E-state index in [1.807, 2.05) is 0 Å². The lowest BCUT2D eigenvalue weighted by atomic mass is 9.94. The lowest BCUT2D eigenvalue weighted by Gasteiger charge is -2.14. The molecule has 8 nitrogen and oxygen atoms in total. The molecular weight excluding hydrogens is 359 g/mol. The molecule has 0 spiro atoms. The number of benzene rings is 2. The summed E-state index contributed by atoms with van der Waals surface area (Å²) < 4.78 is 0. The molecule has 10 heteroatoms. The number of non-ortho nitro benzene ring substituents is 2. The lowest BCUT2D eigenvalue weighted by molar-refractivity contribution is -0.540. The molecule has 2 aromatic rings. The Balaban J connectivity index is 0.00000264. The number of rotatable bonds is 5. The Bertz CT molecular complexity index is 633. The Morgan fingerprint density at radius 1 is 0.667 bits per heavy atom. The second-order valence-corrected chi connectivity index (χ2v) is 4.91. The third kappa shape index (κ3) is 4.87. The smallest absolute Gasteiger partial charge is 0.269 e. The van der Waals surface area contributed by atoms with Crippen molar-refractivity contribution in [2.75, 3.05) is 0 Å². The molecule has 0 saturated heterocycles. The fourth-order valence-corrected chi connectivity index (χ4v) is 2.15. The highest BCUT2D eigenvalue weighted by Gasteiger charge is 2.25. The van der Waals surface area contributed by atoms with Gasteiger partial charge in [-0.3, -0.25) is 20.2 Å². The van der Waals surface area contributed by atoms with E-state index < -0.39 is 9.85 Å². The molecule has 0 saturated carbocycles. The molecular formula is C14H16Cl2N4O4. The quantitative estimate of drug-likeness (QED) is 0.398. The van der Waals surface area contributed by atoms with E-state index in [1.165, 1.54) is 24.3 Å². The molecule has 24 heavy (non-hydrogen) atoms. The van der Waals surface area contributed by atoms with Crippen LogP contribution in [-0.4, -0.2) is 9.85 Å². The zero-order chi connectivity index (χ0) is 16.3. The Kier molecular flexibility index (Phi) is 8.28. The number of halogens is 2. The molecule has 0 amide bonds. The highest BCUT2D eigenvalue weighted by molar-refractivity contribution is 5.37. The fraction of sp³-hybridized carbons (Fsp3) is 0.143. The maximum atomic E-state index is 10.6. The van der Waals surface area contributed by atoms with Crippen LogP contribution in [0.5, 0.6) is 0 Å². The van der Waals surface area contributed by atoms with Crippen LogP contribution in [0.15, 0.2) is 48.5 Å². The summed E-state index contributed by atoms with van der Waals surface area (Å²) in [5, 5.41) is 21.3. The zero-order valence-corrected chi connectivity index (χ0v) is 14.0. The van der Waals surface area contributed by atoms with Gasteiger partial charge in [-0.1, -0.05) is 0 Å². The van der Waals surface area contributed by atoms with E-state index in [1.54, 1.807) is 24.3 Å². The number of quaternary nitrogens is 2. The standard InChI is InChI=1S/C14H14N4O4.2ClH/c15-13(9-1-5-11(6-2-9)17(19)20)14(16)10-3-7-12(8-4-10)18(21)22;;/h1-8,13-14H,15-16H2;2*1H/t13-,14-;;/m1../s1. The van der Waals surface area contributed by atoms with Crippen molar-refractivity contribution in [2.45, 2.75) is 12.1 Å². The molecule has 2 aromatic carbocycles. The van der Waals surface area contributed by atoms with Crippen LogP contribution in [0.4, 0.5) is 11.4 Å². The van der Waals surface area contributed by atoms with Gasteiger partial charge in [0.15, 0.2) is 12.1 Å². The third-order valence-corrected chi connectivity index (χ3v) is 3.55. The molecule has 0 aliphatic heterocycles. The van der Waals surface area contributed by atoms with Gasteiger partial charge in [0.05, 0.1) is 9.85 Å². The number of nitro groups is 2. The predicted octanol–water partition coefficient (Wildman–Crippen LogP) is -5.22. The van der Waals surface area contributed by atoms with E-state index in [9.17, 15) is 20.2 Å². The summed E-state index contributed by atoms with van der Waals surface area (Å²) in [7, 11) is 0. The van der Waals surface area contributed by atoms with E-state index >= 15 is 0 Å². The molecule has 2 atom stereocenters. The summed E-state index contributed by atoms with van der Waals surface area (Å²) in [6.45, 7) is 0. The van der Waals surface area contributed by atoms with Crippen LogP contribution >= 0.6 is 0 Å². The van der Waals surface area contributed by atoms with Gasteiger partial charge in [-0.05, 0) is 24.3 Å². The first-order valence-corrected chi connectivity index (χ1v) is 6.55. The summed E-state index contributed by atoms with van der Waals surface area (Å²) in [5.74, 6) is 0. The summed E-state index contributed by atoms with van der Waals surface area (Å²) in [4.78, 5) is 20.4. The van der Waals surface area contributed by atoms with Gasteiger partial charge in [-0.25, -0.2) is 0 Å².